The lowest BCUT2D eigenvalue weighted by Crippen LogP contribution is -2.29. The van der Waals surface area contributed by atoms with E-state index in [1.807, 2.05) is 49.4 Å². The van der Waals surface area contributed by atoms with Crippen molar-refractivity contribution in [3.8, 4) is 11.7 Å². The molecule has 1 amide bonds. The summed E-state index contributed by atoms with van der Waals surface area (Å²) in [5.41, 5.74) is 8.39. The number of carbonyl (C=O) groups excluding carboxylic acids is 1. The van der Waals surface area contributed by atoms with Crippen molar-refractivity contribution in [3.63, 3.8) is 0 Å². The fourth-order valence-electron chi connectivity index (χ4n) is 3.10. The molecule has 158 valence electrons. The van der Waals surface area contributed by atoms with Gasteiger partial charge in [-0.05, 0) is 53.8 Å². The number of ether oxygens (including phenoxy) is 1. The van der Waals surface area contributed by atoms with E-state index >= 15 is 0 Å². The van der Waals surface area contributed by atoms with Crippen molar-refractivity contribution in [1.29, 1.82) is 0 Å². The Labute approximate surface area is 181 Å². The van der Waals surface area contributed by atoms with Crippen LogP contribution in [0.5, 0.6) is 11.7 Å². The van der Waals surface area contributed by atoms with Gasteiger partial charge in [-0.15, -0.1) is 0 Å². The number of nitrogens with zero attached hydrogens (tertiary/aromatic N) is 1. The van der Waals surface area contributed by atoms with Crippen molar-refractivity contribution in [2.75, 3.05) is 5.43 Å². The van der Waals surface area contributed by atoms with E-state index in [0.717, 1.165) is 22.0 Å². The van der Waals surface area contributed by atoms with Crippen molar-refractivity contribution >= 4 is 22.6 Å². The third kappa shape index (κ3) is 4.69. The van der Waals surface area contributed by atoms with Gasteiger partial charge >= 0.3 is 5.91 Å². The van der Waals surface area contributed by atoms with Gasteiger partial charge in [0.1, 0.15) is 11.6 Å². The molecule has 0 spiro atoms. The van der Waals surface area contributed by atoms with Crippen molar-refractivity contribution < 1.29 is 13.9 Å². The molecule has 0 aliphatic heterocycles. The number of aromatic nitrogens is 1. The number of benzene rings is 2. The first kappa shape index (κ1) is 20.5. The van der Waals surface area contributed by atoms with E-state index in [2.05, 4.69) is 42.7 Å². The van der Waals surface area contributed by atoms with Gasteiger partial charge in [-0.3, -0.25) is 15.6 Å². The Hall–Kier alpha value is -3.80. The number of aryl methyl sites for hydroxylation is 1. The second kappa shape index (κ2) is 8.14. The standard InChI is InChI=1S/C25H25N3O3/c1-16-9-11-18(25(2,3)4)15-21(16)31-23-14-12-20(30-23)24(29)28-27-22-13-10-17-7-5-6-8-19(17)26-22/h5-15H,1-4H3,(H,26,27)(H,28,29). The quantitative estimate of drug-likeness (QED) is 0.392. The lowest BCUT2D eigenvalue weighted by molar-refractivity contribution is 0.0930. The average Bonchev–Trinajstić information content (AvgIpc) is 3.21. The largest absolute Gasteiger partial charge is 0.426 e. The monoisotopic (exact) mass is 415 g/mol. The molecular weight excluding hydrogens is 390 g/mol. The normalized spacial score (nSPS) is 11.4. The van der Waals surface area contributed by atoms with Gasteiger partial charge in [0.05, 0.1) is 5.52 Å². The van der Waals surface area contributed by atoms with E-state index in [9.17, 15) is 4.79 Å². The Morgan fingerprint density at radius 1 is 1.00 bits per heavy atom. The van der Waals surface area contributed by atoms with Crippen LogP contribution in [-0.2, 0) is 5.41 Å². The summed E-state index contributed by atoms with van der Waals surface area (Å²) in [4.78, 5) is 16.9. The average molecular weight is 415 g/mol. The topological polar surface area (TPSA) is 76.4 Å². The number of hydrogen-bond donors (Lipinski definition) is 2. The van der Waals surface area contributed by atoms with Gasteiger partial charge in [-0.1, -0.05) is 51.1 Å². The maximum Gasteiger partial charge on any atom is 0.305 e. The summed E-state index contributed by atoms with van der Waals surface area (Å²) in [5.74, 6) is 1.19. The molecule has 31 heavy (non-hydrogen) atoms. The molecule has 6 heteroatoms. The number of anilines is 1. The van der Waals surface area contributed by atoms with Crippen LogP contribution in [0.1, 0.15) is 42.5 Å². The summed E-state index contributed by atoms with van der Waals surface area (Å²) >= 11 is 0. The van der Waals surface area contributed by atoms with E-state index in [0.29, 0.717) is 11.6 Å². The molecule has 0 radical (unpaired) electrons. The summed E-state index contributed by atoms with van der Waals surface area (Å²) in [6.45, 7) is 8.41. The minimum atomic E-state index is -0.426. The number of nitrogens with one attached hydrogen (secondary N) is 2. The summed E-state index contributed by atoms with van der Waals surface area (Å²) in [5, 5.41) is 1.03. The highest BCUT2D eigenvalue weighted by Crippen LogP contribution is 2.32. The number of hydrogen-bond acceptors (Lipinski definition) is 5. The molecule has 0 fully saturated rings. The number of para-hydroxylation sites is 1. The number of fused-ring (bicyclic) bond motifs is 1. The highest BCUT2D eigenvalue weighted by molar-refractivity contribution is 5.92. The fourth-order valence-corrected chi connectivity index (χ4v) is 3.10. The van der Waals surface area contributed by atoms with E-state index in [1.165, 1.54) is 0 Å². The van der Waals surface area contributed by atoms with Crippen LogP contribution in [0.3, 0.4) is 0 Å². The van der Waals surface area contributed by atoms with Crippen LogP contribution in [0.15, 0.2) is 71.1 Å². The predicted octanol–water partition coefficient (Wildman–Crippen LogP) is 5.98. The molecule has 2 aromatic heterocycles. The minimum Gasteiger partial charge on any atom is -0.426 e. The molecule has 0 unspecified atom stereocenters. The van der Waals surface area contributed by atoms with Crippen molar-refractivity contribution in [2.45, 2.75) is 33.1 Å². The molecular formula is C25H25N3O3. The van der Waals surface area contributed by atoms with E-state index in [4.69, 9.17) is 9.15 Å². The van der Waals surface area contributed by atoms with Crippen LogP contribution in [0.25, 0.3) is 10.9 Å². The summed E-state index contributed by atoms with van der Waals surface area (Å²) in [7, 11) is 0. The van der Waals surface area contributed by atoms with Crippen molar-refractivity contribution in [1.82, 2.24) is 10.4 Å². The Morgan fingerprint density at radius 2 is 1.81 bits per heavy atom. The number of carbonyl (C=O) groups is 1. The van der Waals surface area contributed by atoms with Crippen LogP contribution in [0.4, 0.5) is 5.82 Å². The van der Waals surface area contributed by atoms with E-state index in [-0.39, 0.29) is 17.1 Å². The van der Waals surface area contributed by atoms with Gasteiger partial charge in [0.25, 0.3) is 5.95 Å². The first-order chi connectivity index (χ1) is 14.8. The maximum absolute atomic E-state index is 12.4. The molecule has 2 heterocycles. The highest BCUT2D eigenvalue weighted by Gasteiger charge is 2.17. The molecule has 0 saturated heterocycles. The molecule has 6 nitrogen and oxygen atoms in total. The third-order valence-electron chi connectivity index (χ3n) is 4.97. The Bertz CT molecular complexity index is 1240. The van der Waals surface area contributed by atoms with Gasteiger partial charge in [0.2, 0.25) is 0 Å². The molecule has 2 aromatic carbocycles. The number of rotatable bonds is 5. The Balaban J connectivity index is 1.43. The molecule has 0 bridgehead atoms. The van der Waals surface area contributed by atoms with E-state index in [1.54, 1.807) is 18.2 Å². The fraction of sp³-hybridized carbons (Fsp3) is 0.200. The minimum absolute atomic E-state index is 0.00247. The predicted molar refractivity (Wildman–Crippen MR) is 121 cm³/mol. The number of pyridine rings is 1. The molecule has 0 aliphatic rings. The van der Waals surface area contributed by atoms with Crippen molar-refractivity contribution in [3.05, 3.63) is 83.6 Å². The lowest BCUT2D eigenvalue weighted by atomic mass is 9.86. The molecule has 4 rings (SSSR count). The van der Waals surface area contributed by atoms with Gasteiger partial charge in [0.15, 0.2) is 5.76 Å². The second-order valence-corrected chi connectivity index (χ2v) is 8.42. The van der Waals surface area contributed by atoms with Gasteiger partial charge in [-0.25, -0.2) is 4.98 Å². The van der Waals surface area contributed by atoms with Crippen LogP contribution in [0.2, 0.25) is 0 Å². The molecule has 0 atom stereocenters. The van der Waals surface area contributed by atoms with Crippen LogP contribution >= 0.6 is 0 Å². The number of amides is 1. The zero-order valence-electron chi connectivity index (χ0n) is 18.0. The first-order valence-electron chi connectivity index (χ1n) is 10.1. The number of hydrazine groups is 1. The van der Waals surface area contributed by atoms with Crippen molar-refractivity contribution in [2.24, 2.45) is 0 Å². The van der Waals surface area contributed by atoms with Gasteiger partial charge in [0, 0.05) is 11.5 Å². The van der Waals surface area contributed by atoms with Crippen LogP contribution in [-0.4, -0.2) is 10.9 Å². The molecule has 0 saturated carbocycles. The molecule has 2 N–H and O–H groups in total. The van der Waals surface area contributed by atoms with Gasteiger partial charge in [-0.2, -0.15) is 0 Å². The second-order valence-electron chi connectivity index (χ2n) is 8.42. The van der Waals surface area contributed by atoms with Gasteiger partial charge < -0.3 is 9.15 Å². The first-order valence-corrected chi connectivity index (χ1v) is 10.1. The summed E-state index contributed by atoms with van der Waals surface area (Å²) in [6, 6.07) is 20.8. The maximum atomic E-state index is 12.4. The highest BCUT2D eigenvalue weighted by atomic mass is 16.6. The zero-order valence-corrected chi connectivity index (χ0v) is 18.0. The number of furan rings is 1. The Morgan fingerprint density at radius 3 is 2.61 bits per heavy atom. The lowest BCUT2D eigenvalue weighted by Gasteiger charge is -2.20. The molecule has 0 aliphatic carbocycles. The Kier molecular flexibility index (Phi) is 5.38. The summed E-state index contributed by atoms with van der Waals surface area (Å²) in [6.07, 6.45) is 0. The van der Waals surface area contributed by atoms with Crippen LogP contribution < -0.4 is 15.6 Å². The molecule has 4 aromatic rings. The smallest absolute Gasteiger partial charge is 0.305 e. The SMILES string of the molecule is Cc1ccc(C(C)(C)C)cc1Oc1ccc(C(=O)NNc2ccc3ccccc3n2)o1. The van der Waals surface area contributed by atoms with E-state index < -0.39 is 5.91 Å². The zero-order chi connectivity index (χ0) is 22.0. The third-order valence-corrected chi connectivity index (χ3v) is 4.97. The summed E-state index contributed by atoms with van der Waals surface area (Å²) < 4.78 is 11.5. The van der Waals surface area contributed by atoms with Crippen LogP contribution in [0, 0.1) is 6.92 Å².